The molecule has 2 aliphatic rings. The Morgan fingerprint density at radius 1 is 1.00 bits per heavy atom. The molecule has 37 heavy (non-hydrogen) atoms. The van der Waals surface area contributed by atoms with Crippen LogP contribution in [-0.2, 0) is 4.79 Å². The SMILES string of the molecule is CC(=O)N[C@H]1CC[C@H](NC(=O)c2c(C)[nH]c3c(-c4cc(C(C)=O)ccc4OCC4CC4)ncnc23)CC1. The Morgan fingerprint density at radius 2 is 1.70 bits per heavy atom. The summed E-state index contributed by atoms with van der Waals surface area (Å²) in [5.74, 6) is 0.982. The highest BCUT2D eigenvalue weighted by Crippen LogP contribution is 2.37. The van der Waals surface area contributed by atoms with Crippen LogP contribution in [0.3, 0.4) is 0 Å². The molecule has 0 aliphatic heterocycles. The molecule has 0 bridgehead atoms. The number of rotatable bonds is 8. The van der Waals surface area contributed by atoms with Crippen molar-refractivity contribution in [2.45, 2.75) is 71.4 Å². The number of ether oxygens (including phenoxy) is 1. The van der Waals surface area contributed by atoms with Gasteiger partial charge < -0.3 is 20.4 Å². The summed E-state index contributed by atoms with van der Waals surface area (Å²) in [5.41, 5.74) is 4.22. The lowest BCUT2D eigenvalue weighted by molar-refractivity contribution is -0.119. The van der Waals surface area contributed by atoms with Gasteiger partial charge in [-0.15, -0.1) is 0 Å². The molecule has 1 aromatic carbocycles. The average Bonchev–Trinajstić information content (AvgIpc) is 3.63. The molecule has 0 radical (unpaired) electrons. The number of aryl methyl sites for hydroxylation is 1. The number of H-pyrrole nitrogens is 1. The molecular weight excluding hydrogens is 470 g/mol. The molecule has 2 aliphatic carbocycles. The summed E-state index contributed by atoms with van der Waals surface area (Å²) in [4.78, 5) is 49.2. The maximum Gasteiger partial charge on any atom is 0.255 e. The number of carbonyl (C=O) groups excluding carboxylic acids is 3. The number of Topliss-reactive ketones (excluding diaryl/α,β-unsaturated/α-hetero) is 1. The molecule has 2 saturated carbocycles. The number of benzene rings is 1. The molecule has 0 unspecified atom stereocenters. The van der Waals surface area contributed by atoms with E-state index in [1.165, 1.54) is 33.0 Å². The van der Waals surface area contributed by atoms with E-state index < -0.39 is 0 Å². The largest absolute Gasteiger partial charge is 0.493 e. The van der Waals surface area contributed by atoms with Crippen LogP contribution in [-0.4, -0.2) is 51.2 Å². The second-order valence-corrected chi connectivity index (χ2v) is 10.3. The van der Waals surface area contributed by atoms with Crippen molar-refractivity contribution in [3.63, 3.8) is 0 Å². The van der Waals surface area contributed by atoms with Crippen LogP contribution in [0, 0.1) is 12.8 Å². The van der Waals surface area contributed by atoms with Gasteiger partial charge in [-0.3, -0.25) is 14.4 Å². The van der Waals surface area contributed by atoms with Crippen LogP contribution in [0.2, 0.25) is 0 Å². The van der Waals surface area contributed by atoms with Crippen LogP contribution >= 0.6 is 0 Å². The fourth-order valence-electron chi connectivity index (χ4n) is 5.08. The van der Waals surface area contributed by atoms with Crippen molar-refractivity contribution >= 4 is 28.6 Å². The van der Waals surface area contributed by atoms with E-state index in [1.54, 1.807) is 12.1 Å². The first-order chi connectivity index (χ1) is 17.8. The minimum atomic E-state index is -0.181. The minimum Gasteiger partial charge on any atom is -0.493 e. The number of ketones is 1. The van der Waals surface area contributed by atoms with Crippen molar-refractivity contribution in [2.75, 3.05) is 6.61 Å². The molecule has 2 fully saturated rings. The van der Waals surface area contributed by atoms with E-state index in [2.05, 4.69) is 25.6 Å². The number of aromatic amines is 1. The lowest BCUT2D eigenvalue weighted by Crippen LogP contribution is -2.43. The highest BCUT2D eigenvalue weighted by atomic mass is 16.5. The van der Waals surface area contributed by atoms with E-state index in [9.17, 15) is 14.4 Å². The van der Waals surface area contributed by atoms with Crippen LogP contribution in [0.15, 0.2) is 24.5 Å². The molecule has 2 heterocycles. The number of nitrogens with zero attached hydrogens (tertiary/aromatic N) is 2. The summed E-state index contributed by atoms with van der Waals surface area (Å²) < 4.78 is 6.13. The molecule has 194 valence electrons. The highest BCUT2D eigenvalue weighted by molar-refractivity contribution is 6.09. The van der Waals surface area contributed by atoms with Gasteiger partial charge in [-0.2, -0.15) is 0 Å². The summed E-state index contributed by atoms with van der Waals surface area (Å²) in [6, 6.07) is 5.60. The number of aromatic nitrogens is 3. The normalized spacial score (nSPS) is 19.4. The first kappa shape index (κ1) is 24.9. The van der Waals surface area contributed by atoms with E-state index in [-0.39, 0.29) is 29.7 Å². The zero-order chi connectivity index (χ0) is 26.1. The summed E-state index contributed by atoms with van der Waals surface area (Å²) in [6.07, 6.45) is 7.06. The second-order valence-electron chi connectivity index (χ2n) is 10.3. The van der Waals surface area contributed by atoms with Crippen molar-refractivity contribution < 1.29 is 19.1 Å². The van der Waals surface area contributed by atoms with Crippen LogP contribution in [0.5, 0.6) is 5.75 Å². The first-order valence-electron chi connectivity index (χ1n) is 13.0. The molecule has 0 atom stereocenters. The third-order valence-corrected chi connectivity index (χ3v) is 7.28. The quantitative estimate of drug-likeness (QED) is 0.397. The molecule has 3 N–H and O–H groups in total. The molecule has 9 nitrogen and oxygen atoms in total. The monoisotopic (exact) mass is 503 g/mol. The summed E-state index contributed by atoms with van der Waals surface area (Å²) in [5, 5.41) is 6.13. The number of hydrogen-bond donors (Lipinski definition) is 3. The smallest absolute Gasteiger partial charge is 0.255 e. The number of nitrogens with one attached hydrogen (secondary N) is 3. The third kappa shape index (κ3) is 5.50. The molecule has 2 amide bonds. The topological polar surface area (TPSA) is 126 Å². The van der Waals surface area contributed by atoms with E-state index in [4.69, 9.17) is 4.74 Å². The maximum absolute atomic E-state index is 13.4. The van der Waals surface area contributed by atoms with E-state index in [1.807, 2.05) is 13.0 Å². The van der Waals surface area contributed by atoms with Crippen molar-refractivity contribution in [3.8, 4) is 17.0 Å². The zero-order valence-electron chi connectivity index (χ0n) is 21.5. The number of carbonyl (C=O) groups is 3. The van der Waals surface area contributed by atoms with Gasteiger partial charge in [-0.05, 0) is 76.5 Å². The second kappa shape index (κ2) is 10.3. The van der Waals surface area contributed by atoms with Gasteiger partial charge in [0.1, 0.15) is 23.3 Å². The Balaban J connectivity index is 1.43. The Hall–Kier alpha value is -3.75. The molecule has 3 aromatic rings. The van der Waals surface area contributed by atoms with E-state index in [0.29, 0.717) is 57.4 Å². The Kier molecular flexibility index (Phi) is 6.95. The van der Waals surface area contributed by atoms with Crippen molar-refractivity contribution in [1.82, 2.24) is 25.6 Å². The Bertz CT molecular complexity index is 1350. The van der Waals surface area contributed by atoms with Crippen molar-refractivity contribution in [2.24, 2.45) is 5.92 Å². The van der Waals surface area contributed by atoms with Gasteiger partial charge in [0.25, 0.3) is 5.91 Å². The molecule has 9 heteroatoms. The van der Waals surface area contributed by atoms with Crippen LogP contribution < -0.4 is 15.4 Å². The molecule has 0 spiro atoms. The van der Waals surface area contributed by atoms with Crippen LogP contribution in [0.25, 0.3) is 22.3 Å². The average molecular weight is 504 g/mol. The first-order valence-corrected chi connectivity index (χ1v) is 13.0. The Morgan fingerprint density at radius 3 is 2.35 bits per heavy atom. The van der Waals surface area contributed by atoms with Crippen LogP contribution in [0.1, 0.15) is 78.8 Å². The lowest BCUT2D eigenvalue weighted by Gasteiger charge is -2.29. The van der Waals surface area contributed by atoms with Crippen molar-refractivity contribution in [3.05, 3.63) is 41.3 Å². The summed E-state index contributed by atoms with van der Waals surface area (Å²) in [6.45, 7) is 5.54. The van der Waals surface area contributed by atoms with Gasteiger partial charge in [-0.25, -0.2) is 9.97 Å². The fourth-order valence-corrected chi connectivity index (χ4v) is 5.08. The number of amides is 2. The highest BCUT2D eigenvalue weighted by Gasteiger charge is 2.27. The summed E-state index contributed by atoms with van der Waals surface area (Å²) >= 11 is 0. The lowest BCUT2D eigenvalue weighted by atomic mass is 9.91. The predicted octanol–water partition coefficient (Wildman–Crippen LogP) is 4.10. The van der Waals surface area contributed by atoms with Crippen molar-refractivity contribution in [1.29, 1.82) is 0 Å². The maximum atomic E-state index is 13.4. The predicted molar refractivity (Wildman–Crippen MR) is 140 cm³/mol. The minimum absolute atomic E-state index is 0.0210. The van der Waals surface area contributed by atoms with E-state index in [0.717, 1.165) is 25.7 Å². The standard InChI is InChI=1S/C28H33N5O4/c1-15-24(28(36)33-21-9-7-20(8-10-21)32-17(3)35)26-27(31-15)25(29-14-30-26)22-12-19(16(2)34)6-11-23(22)37-13-18-4-5-18/h6,11-12,14,18,20-21,31H,4-5,7-10,13H2,1-3H3,(H,32,35)(H,33,36)/t20-,21-. The number of hydrogen-bond acceptors (Lipinski definition) is 6. The van der Waals surface area contributed by atoms with Gasteiger partial charge >= 0.3 is 0 Å². The zero-order valence-corrected chi connectivity index (χ0v) is 21.5. The number of fused-ring (bicyclic) bond motifs is 1. The van der Waals surface area contributed by atoms with E-state index >= 15 is 0 Å². The van der Waals surface area contributed by atoms with Crippen LogP contribution in [0.4, 0.5) is 0 Å². The molecule has 5 rings (SSSR count). The summed E-state index contributed by atoms with van der Waals surface area (Å²) in [7, 11) is 0. The fraction of sp³-hybridized carbons (Fsp3) is 0.464. The molecule has 2 aromatic heterocycles. The third-order valence-electron chi connectivity index (χ3n) is 7.28. The molecular formula is C28H33N5O4. The van der Waals surface area contributed by atoms with Gasteiger partial charge in [0, 0.05) is 35.8 Å². The van der Waals surface area contributed by atoms with Gasteiger partial charge in [0.05, 0.1) is 17.7 Å². The molecule has 0 saturated heterocycles. The Labute approximate surface area is 215 Å². The van der Waals surface area contributed by atoms with Gasteiger partial charge in [0.2, 0.25) is 5.91 Å². The van der Waals surface area contributed by atoms with Gasteiger partial charge in [-0.1, -0.05) is 0 Å². The van der Waals surface area contributed by atoms with Gasteiger partial charge in [0.15, 0.2) is 5.78 Å².